The smallest absolute Gasteiger partial charge is 0.408 e. The molecule has 0 aliphatic rings. The van der Waals surface area contributed by atoms with Crippen LogP contribution in [-0.4, -0.2) is 41.5 Å². The van der Waals surface area contributed by atoms with Crippen LogP contribution in [0, 0.1) is 13.8 Å². The molecule has 0 aromatic heterocycles. The zero-order chi connectivity index (χ0) is 23.9. The predicted octanol–water partition coefficient (Wildman–Crippen LogP) is 4.36. The van der Waals surface area contributed by atoms with Gasteiger partial charge in [0.25, 0.3) is 5.91 Å². The fourth-order valence-corrected chi connectivity index (χ4v) is 3.38. The third kappa shape index (κ3) is 6.83. The van der Waals surface area contributed by atoms with Crippen LogP contribution in [-0.2, 0) is 14.3 Å². The maximum atomic E-state index is 13.4. The molecule has 2 aromatic carbocycles. The lowest BCUT2D eigenvalue weighted by Gasteiger charge is -2.31. The monoisotopic (exact) mass is 439 g/mol. The van der Waals surface area contributed by atoms with Gasteiger partial charge in [-0.2, -0.15) is 0 Å². The van der Waals surface area contributed by atoms with Crippen LogP contribution in [0.15, 0.2) is 48.5 Å². The SMILES string of the molecule is CCN(C(=O)CNC(=O)OC(C)(C)C)C(C(=O)Nc1c(C)cccc1C)c1ccccc1. The number of anilines is 1. The second-order valence-corrected chi connectivity index (χ2v) is 8.60. The summed E-state index contributed by atoms with van der Waals surface area (Å²) >= 11 is 0. The predicted molar refractivity (Wildman–Crippen MR) is 125 cm³/mol. The molecule has 0 aliphatic carbocycles. The minimum Gasteiger partial charge on any atom is -0.444 e. The number of nitrogens with one attached hydrogen (secondary N) is 2. The van der Waals surface area contributed by atoms with Crippen molar-refractivity contribution in [2.75, 3.05) is 18.4 Å². The van der Waals surface area contributed by atoms with Crippen LogP contribution in [0.5, 0.6) is 0 Å². The van der Waals surface area contributed by atoms with E-state index in [1.165, 1.54) is 4.90 Å². The van der Waals surface area contributed by atoms with Gasteiger partial charge in [0, 0.05) is 12.2 Å². The van der Waals surface area contributed by atoms with Gasteiger partial charge in [-0.3, -0.25) is 9.59 Å². The van der Waals surface area contributed by atoms with E-state index in [-0.39, 0.29) is 24.9 Å². The van der Waals surface area contributed by atoms with Gasteiger partial charge in [-0.1, -0.05) is 48.5 Å². The third-order valence-corrected chi connectivity index (χ3v) is 4.85. The standard InChI is InChI=1S/C25H33N3O4/c1-7-28(20(29)16-26-24(31)32-25(4,5)6)22(19-14-9-8-10-15-19)23(30)27-21-17(2)12-11-13-18(21)3/h8-15,22H,7,16H2,1-6H3,(H,26,31)(H,27,30). The van der Waals surface area contributed by atoms with Crippen LogP contribution in [0.2, 0.25) is 0 Å². The van der Waals surface area contributed by atoms with Gasteiger partial charge in [0.15, 0.2) is 0 Å². The molecule has 0 saturated carbocycles. The second kappa shape index (κ2) is 10.8. The molecule has 7 heteroatoms. The van der Waals surface area contributed by atoms with Crippen LogP contribution < -0.4 is 10.6 Å². The topological polar surface area (TPSA) is 87.7 Å². The number of rotatable bonds is 7. The van der Waals surface area contributed by atoms with E-state index in [1.54, 1.807) is 27.7 Å². The number of amides is 3. The number of benzene rings is 2. The van der Waals surface area contributed by atoms with Crippen molar-refractivity contribution in [2.24, 2.45) is 0 Å². The molecule has 2 aromatic rings. The highest BCUT2D eigenvalue weighted by Crippen LogP contribution is 2.26. The first-order valence-electron chi connectivity index (χ1n) is 10.7. The van der Waals surface area contributed by atoms with Gasteiger partial charge in [0.1, 0.15) is 18.2 Å². The van der Waals surface area contributed by atoms with E-state index in [2.05, 4.69) is 10.6 Å². The summed E-state index contributed by atoms with van der Waals surface area (Å²) in [5, 5.41) is 5.48. The van der Waals surface area contributed by atoms with Gasteiger partial charge < -0.3 is 20.3 Å². The van der Waals surface area contributed by atoms with Crippen molar-refractivity contribution in [1.29, 1.82) is 0 Å². The van der Waals surface area contributed by atoms with E-state index >= 15 is 0 Å². The Morgan fingerprint density at radius 3 is 2.09 bits per heavy atom. The van der Waals surface area contributed by atoms with Gasteiger partial charge in [0.05, 0.1) is 0 Å². The van der Waals surface area contributed by atoms with E-state index < -0.39 is 17.7 Å². The molecular formula is C25H33N3O4. The molecule has 0 aliphatic heterocycles. The summed E-state index contributed by atoms with van der Waals surface area (Å²) in [6, 6.07) is 14.1. The van der Waals surface area contributed by atoms with E-state index in [0.29, 0.717) is 5.56 Å². The van der Waals surface area contributed by atoms with Crippen LogP contribution in [0.3, 0.4) is 0 Å². The normalized spacial score (nSPS) is 11.9. The maximum absolute atomic E-state index is 13.4. The summed E-state index contributed by atoms with van der Waals surface area (Å²) in [5.41, 5.74) is 2.62. The lowest BCUT2D eigenvalue weighted by molar-refractivity contribution is -0.138. The first-order chi connectivity index (χ1) is 15.0. The summed E-state index contributed by atoms with van der Waals surface area (Å²) in [7, 11) is 0. The summed E-state index contributed by atoms with van der Waals surface area (Å²) < 4.78 is 5.20. The Labute approximate surface area is 190 Å². The van der Waals surface area contributed by atoms with Crippen molar-refractivity contribution in [1.82, 2.24) is 10.2 Å². The number of hydrogen-bond donors (Lipinski definition) is 2. The molecule has 0 saturated heterocycles. The quantitative estimate of drug-likeness (QED) is 0.671. The number of alkyl carbamates (subject to hydrolysis) is 1. The largest absolute Gasteiger partial charge is 0.444 e. The number of aryl methyl sites for hydroxylation is 2. The van der Waals surface area contributed by atoms with Gasteiger partial charge in [-0.15, -0.1) is 0 Å². The molecule has 3 amide bonds. The lowest BCUT2D eigenvalue weighted by atomic mass is 10.0. The Bertz CT molecular complexity index is 931. The number of para-hydroxylation sites is 1. The summed E-state index contributed by atoms with van der Waals surface area (Å²) in [5.74, 6) is -0.704. The molecular weight excluding hydrogens is 406 g/mol. The average Bonchev–Trinajstić information content (AvgIpc) is 2.72. The van der Waals surface area contributed by atoms with Crippen molar-refractivity contribution in [3.05, 3.63) is 65.2 Å². The van der Waals surface area contributed by atoms with Crippen LogP contribution >= 0.6 is 0 Å². The van der Waals surface area contributed by atoms with Crippen molar-refractivity contribution in [2.45, 2.75) is 53.2 Å². The molecule has 0 bridgehead atoms. The first kappa shape index (κ1) is 24.9. The van der Waals surface area contributed by atoms with Crippen molar-refractivity contribution in [3.8, 4) is 0 Å². The fourth-order valence-electron chi connectivity index (χ4n) is 3.38. The Balaban J connectivity index is 2.27. The molecule has 0 heterocycles. The zero-order valence-corrected chi connectivity index (χ0v) is 19.7. The van der Waals surface area contributed by atoms with Gasteiger partial charge >= 0.3 is 6.09 Å². The molecule has 2 rings (SSSR count). The highest BCUT2D eigenvalue weighted by Gasteiger charge is 2.31. The Morgan fingerprint density at radius 2 is 1.56 bits per heavy atom. The molecule has 0 spiro atoms. The van der Waals surface area contributed by atoms with Gasteiger partial charge in [-0.05, 0) is 58.2 Å². The molecule has 172 valence electrons. The molecule has 0 radical (unpaired) electrons. The lowest BCUT2D eigenvalue weighted by Crippen LogP contribution is -2.46. The minimum atomic E-state index is -0.854. The molecule has 1 unspecified atom stereocenters. The van der Waals surface area contributed by atoms with E-state index in [4.69, 9.17) is 4.74 Å². The zero-order valence-electron chi connectivity index (χ0n) is 19.7. The molecule has 7 nitrogen and oxygen atoms in total. The van der Waals surface area contributed by atoms with Gasteiger partial charge in [0.2, 0.25) is 5.91 Å². The Morgan fingerprint density at radius 1 is 0.969 bits per heavy atom. The van der Waals surface area contributed by atoms with E-state index in [1.807, 2.05) is 62.4 Å². The maximum Gasteiger partial charge on any atom is 0.408 e. The Kier molecular flexibility index (Phi) is 8.41. The second-order valence-electron chi connectivity index (χ2n) is 8.60. The fraction of sp³-hybridized carbons (Fsp3) is 0.400. The highest BCUT2D eigenvalue weighted by molar-refractivity contribution is 5.99. The van der Waals surface area contributed by atoms with Crippen LogP contribution in [0.25, 0.3) is 0 Å². The third-order valence-electron chi connectivity index (χ3n) is 4.85. The van der Waals surface area contributed by atoms with Crippen LogP contribution in [0.1, 0.15) is 50.4 Å². The summed E-state index contributed by atoms with van der Waals surface area (Å²) in [4.78, 5) is 39.9. The van der Waals surface area contributed by atoms with E-state index in [0.717, 1.165) is 16.8 Å². The van der Waals surface area contributed by atoms with E-state index in [9.17, 15) is 14.4 Å². The van der Waals surface area contributed by atoms with Crippen molar-refractivity contribution >= 4 is 23.6 Å². The van der Waals surface area contributed by atoms with Crippen LogP contribution in [0.4, 0.5) is 10.5 Å². The number of likely N-dealkylation sites (N-methyl/N-ethyl adjacent to an activating group) is 1. The number of carbonyl (C=O) groups excluding carboxylic acids is 3. The molecule has 2 N–H and O–H groups in total. The van der Waals surface area contributed by atoms with Crippen molar-refractivity contribution in [3.63, 3.8) is 0 Å². The average molecular weight is 440 g/mol. The number of hydrogen-bond acceptors (Lipinski definition) is 4. The minimum absolute atomic E-state index is 0.275. The summed E-state index contributed by atoms with van der Waals surface area (Å²) in [6.07, 6.45) is -0.682. The number of nitrogens with zero attached hydrogens (tertiary/aromatic N) is 1. The molecule has 0 fully saturated rings. The summed E-state index contributed by atoms with van der Waals surface area (Å²) in [6.45, 7) is 10.9. The first-order valence-corrected chi connectivity index (χ1v) is 10.7. The number of ether oxygens (including phenoxy) is 1. The van der Waals surface area contributed by atoms with Crippen molar-refractivity contribution < 1.29 is 19.1 Å². The molecule has 1 atom stereocenters. The van der Waals surface area contributed by atoms with Gasteiger partial charge in [-0.25, -0.2) is 4.79 Å². The Hall–Kier alpha value is -3.35. The molecule has 32 heavy (non-hydrogen) atoms. The highest BCUT2D eigenvalue weighted by atomic mass is 16.6. The number of carbonyl (C=O) groups is 3.